The Morgan fingerprint density at radius 1 is 1.25 bits per heavy atom. The Morgan fingerprint density at radius 3 is 2.67 bits per heavy atom. The SMILES string of the molecule is CCOc1c(Br)cc(C=C(C#N)c2cccc(C#N)c2)cc1OC. The van der Waals surface area contributed by atoms with Gasteiger partial charge in [0, 0.05) is 0 Å². The van der Waals surface area contributed by atoms with Crippen molar-refractivity contribution in [2.75, 3.05) is 13.7 Å². The van der Waals surface area contributed by atoms with Crippen molar-refractivity contribution in [1.29, 1.82) is 10.5 Å². The van der Waals surface area contributed by atoms with E-state index in [9.17, 15) is 5.26 Å². The first-order chi connectivity index (χ1) is 11.6. The molecule has 0 unspecified atom stereocenters. The molecule has 0 N–H and O–H groups in total. The van der Waals surface area contributed by atoms with E-state index in [1.807, 2.05) is 13.0 Å². The molecule has 0 amide bonds. The first-order valence-electron chi connectivity index (χ1n) is 7.25. The van der Waals surface area contributed by atoms with E-state index >= 15 is 0 Å². The second kappa shape index (κ2) is 8.19. The summed E-state index contributed by atoms with van der Waals surface area (Å²) in [7, 11) is 1.57. The molecule has 0 bridgehead atoms. The van der Waals surface area contributed by atoms with Gasteiger partial charge in [-0.15, -0.1) is 0 Å². The van der Waals surface area contributed by atoms with E-state index in [1.54, 1.807) is 43.5 Å². The maximum absolute atomic E-state index is 9.47. The van der Waals surface area contributed by atoms with Crippen molar-refractivity contribution >= 4 is 27.6 Å². The van der Waals surface area contributed by atoms with Crippen molar-refractivity contribution in [2.24, 2.45) is 0 Å². The van der Waals surface area contributed by atoms with Crippen molar-refractivity contribution in [2.45, 2.75) is 6.92 Å². The number of hydrogen-bond donors (Lipinski definition) is 0. The van der Waals surface area contributed by atoms with E-state index in [0.29, 0.717) is 34.8 Å². The van der Waals surface area contributed by atoms with Crippen LogP contribution in [0.4, 0.5) is 0 Å². The van der Waals surface area contributed by atoms with Crippen LogP contribution < -0.4 is 9.47 Å². The van der Waals surface area contributed by atoms with E-state index in [4.69, 9.17) is 14.7 Å². The monoisotopic (exact) mass is 382 g/mol. The van der Waals surface area contributed by atoms with Crippen molar-refractivity contribution in [3.05, 3.63) is 57.6 Å². The van der Waals surface area contributed by atoms with E-state index < -0.39 is 0 Å². The zero-order valence-corrected chi connectivity index (χ0v) is 14.9. The zero-order valence-electron chi connectivity index (χ0n) is 13.3. The number of nitrogens with zero attached hydrogens (tertiary/aromatic N) is 2. The summed E-state index contributed by atoms with van der Waals surface area (Å²) >= 11 is 3.47. The maximum Gasteiger partial charge on any atom is 0.175 e. The smallest absolute Gasteiger partial charge is 0.175 e. The first kappa shape index (κ1) is 17.6. The lowest BCUT2D eigenvalue weighted by Gasteiger charge is -2.12. The van der Waals surface area contributed by atoms with Gasteiger partial charge in [0.25, 0.3) is 0 Å². The molecule has 4 nitrogen and oxygen atoms in total. The van der Waals surface area contributed by atoms with Crippen LogP contribution in [0.1, 0.15) is 23.6 Å². The number of rotatable bonds is 5. The van der Waals surface area contributed by atoms with Gasteiger partial charge >= 0.3 is 0 Å². The summed E-state index contributed by atoms with van der Waals surface area (Å²) in [6, 6.07) is 14.9. The third kappa shape index (κ3) is 3.95. The molecule has 0 heterocycles. The lowest BCUT2D eigenvalue weighted by atomic mass is 10.0. The highest BCUT2D eigenvalue weighted by Gasteiger charge is 2.11. The highest BCUT2D eigenvalue weighted by atomic mass is 79.9. The third-order valence-corrected chi connectivity index (χ3v) is 3.86. The fraction of sp³-hybridized carbons (Fsp3) is 0.158. The Labute approximate surface area is 149 Å². The van der Waals surface area contributed by atoms with Crippen LogP contribution in [0.2, 0.25) is 0 Å². The predicted octanol–water partition coefficient (Wildman–Crippen LogP) is 4.79. The van der Waals surface area contributed by atoms with E-state index in [0.717, 1.165) is 10.0 Å². The summed E-state index contributed by atoms with van der Waals surface area (Å²) in [5.41, 5.74) is 2.46. The van der Waals surface area contributed by atoms with E-state index in [2.05, 4.69) is 28.1 Å². The molecule has 0 radical (unpaired) electrons. The molecular weight excluding hydrogens is 368 g/mol. The third-order valence-electron chi connectivity index (χ3n) is 3.27. The predicted molar refractivity (Wildman–Crippen MR) is 96.5 cm³/mol. The van der Waals surface area contributed by atoms with Gasteiger partial charge in [0.15, 0.2) is 11.5 Å². The topological polar surface area (TPSA) is 66.0 Å². The van der Waals surface area contributed by atoms with Gasteiger partial charge in [-0.05, 0) is 64.3 Å². The number of benzene rings is 2. The van der Waals surface area contributed by atoms with Gasteiger partial charge < -0.3 is 9.47 Å². The molecule has 120 valence electrons. The molecule has 0 aliphatic heterocycles. The maximum atomic E-state index is 9.47. The molecule has 2 aromatic rings. The summed E-state index contributed by atoms with van der Waals surface area (Å²) in [6.45, 7) is 2.42. The quantitative estimate of drug-likeness (QED) is 0.550. The number of allylic oxidation sites excluding steroid dienone is 1. The van der Waals surface area contributed by atoms with Crippen LogP contribution in [0.3, 0.4) is 0 Å². The molecule has 0 spiro atoms. The van der Waals surface area contributed by atoms with Crippen LogP contribution in [-0.4, -0.2) is 13.7 Å². The van der Waals surface area contributed by atoms with Crippen LogP contribution in [0.5, 0.6) is 11.5 Å². The zero-order chi connectivity index (χ0) is 17.5. The van der Waals surface area contributed by atoms with E-state index in [-0.39, 0.29) is 0 Å². The number of ether oxygens (including phenoxy) is 2. The molecule has 5 heteroatoms. The van der Waals surface area contributed by atoms with Gasteiger partial charge in [-0.3, -0.25) is 0 Å². The fourth-order valence-electron chi connectivity index (χ4n) is 2.21. The van der Waals surface area contributed by atoms with Crippen molar-refractivity contribution < 1.29 is 9.47 Å². The summed E-state index contributed by atoms with van der Waals surface area (Å²) < 4.78 is 11.7. The summed E-state index contributed by atoms with van der Waals surface area (Å²) in [4.78, 5) is 0. The average molecular weight is 383 g/mol. The number of hydrogen-bond acceptors (Lipinski definition) is 4. The van der Waals surface area contributed by atoms with Crippen LogP contribution in [-0.2, 0) is 0 Å². The van der Waals surface area contributed by atoms with Crippen molar-refractivity contribution in [1.82, 2.24) is 0 Å². The van der Waals surface area contributed by atoms with Gasteiger partial charge in [0.1, 0.15) is 0 Å². The number of methoxy groups -OCH3 is 1. The van der Waals surface area contributed by atoms with Crippen LogP contribution in [0.25, 0.3) is 11.6 Å². The molecule has 0 aliphatic carbocycles. The van der Waals surface area contributed by atoms with Crippen molar-refractivity contribution in [3.63, 3.8) is 0 Å². The molecule has 0 saturated carbocycles. The van der Waals surface area contributed by atoms with Gasteiger partial charge in [-0.25, -0.2) is 0 Å². The standard InChI is InChI=1S/C19H15BrN2O2/c1-3-24-19-17(20)9-14(10-18(19)23-2)8-16(12-22)15-6-4-5-13(7-15)11-21/h4-10H,3H2,1-2H3. The molecule has 0 aliphatic rings. The molecule has 2 aromatic carbocycles. The van der Waals surface area contributed by atoms with Crippen molar-refractivity contribution in [3.8, 4) is 23.6 Å². The lowest BCUT2D eigenvalue weighted by molar-refractivity contribution is 0.309. The Kier molecular flexibility index (Phi) is 6.01. The molecule has 0 atom stereocenters. The minimum Gasteiger partial charge on any atom is -0.493 e. The second-order valence-electron chi connectivity index (χ2n) is 4.83. The summed E-state index contributed by atoms with van der Waals surface area (Å²) in [5, 5.41) is 18.5. The number of halogens is 1. The Hall–Kier alpha value is -2.76. The Balaban J connectivity index is 2.50. The van der Waals surface area contributed by atoms with Crippen LogP contribution in [0, 0.1) is 22.7 Å². The normalized spacial score (nSPS) is 10.6. The highest BCUT2D eigenvalue weighted by Crippen LogP contribution is 2.37. The lowest BCUT2D eigenvalue weighted by Crippen LogP contribution is -1.97. The minimum absolute atomic E-state index is 0.463. The largest absolute Gasteiger partial charge is 0.493 e. The number of nitriles is 2. The molecule has 2 rings (SSSR count). The van der Waals surface area contributed by atoms with Gasteiger partial charge in [-0.1, -0.05) is 12.1 Å². The summed E-state index contributed by atoms with van der Waals surface area (Å²) in [5.74, 6) is 1.21. The molecule has 0 fully saturated rings. The average Bonchev–Trinajstić information content (AvgIpc) is 2.61. The molecular formula is C19H15BrN2O2. The summed E-state index contributed by atoms with van der Waals surface area (Å²) in [6.07, 6.45) is 1.75. The highest BCUT2D eigenvalue weighted by molar-refractivity contribution is 9.10. The van der Waals surface area contributed by atoms with Gasteiger partial charge in [0.05, 0.1) is 41.5 Å². The van der Waals surface area contributed by atoms with Gasteiger partial charge in [0.2, 0.25) is 0 Å². The van der Waals surface area contributed by atoms with Crippen LogP contribution >= 0.6 is 15.9 Å². The minimum atomic E-state index is 0.463. The Morgan fingerprint density at radius 2 is 2.04 bits per heavy atom. The second-order valence-corrected chi connectivity index (χ2v) is 5.68. The molecule has 0 saturated heterocycles. The first-order valence-corrected chi connectivity index (χ1v) is 8.04. The Bertz CT molecular complexity index is 861. The fourth-order valence-corrected chi connectivity index (χ4v) is 2.78. The van der Waals surface area contributed by atoms with Crippen LogP contribution in [0.15, 0.2) is 40.9 Å². The molecule has 24 heavy (non-hydrogen) atoms. The van der Waals surface area contributed by atoms with Gasteiger partial charge in [-0.2, -0.15) is 10.5 Å². The molecule has 0 aromatic heterocycles. The van der Waals surface area contributed by atoms with E-state index in [1.165, 1.54) is 0 Å².